The van der Waals surface area contributed by atoms with Crippen molar-refractivity contribution in [2.24, 2.45) is 0 Å². The first-order valence-corrected chi connectivity index (χ1v) is 9.67. The van der Waals surface area contributed by atoms with E-state index < -0.39 is 0 Å². The maximum atomic E-state index is 12.2. The largest absolute Gasteiger partial charge is 0.325 e. The van der Waals surface area contributed by atoms with E-state index in [2.05, 4.69) is 36.5 Å². The summed E-state index contributed by atoms with van der Waals surface area (Å²) in [6, 6.07) is 7.49. The van der Waals surface area contributed by atoms with Crippen molar-refractivity contribution in [3.05, 3.63) is 34.9 Å². The summed E-state index contributed by atoms with van der Waals surface area (Å²) in [7, 11) is 0. The third kappa shape index (κ3) is 4.18. The molecule has 1 saturated heterocycles. The molecule has 2 heterocycles. The van der Waals surface area contributed by atoms with Crippen LogP contribution in [0.5, 0.6) is 0 Å². The number of hydrogen-bond acceptors (Lipinski definition) is 5. The lowest BCUT2D eigenvalue weighted by Crippen LogP contribution is -2.32. The Bertz CT molecular complexity index is 736. The first kappa shape index (κ1) is 17.0. The van der Waals surface area contributed by atoms with Gasteiger partial charge in [-0.05, 0) is 53.2 Å². The van der Waals surface area contributed by atoms with Crippen LogP contribution in [0.25, 0.3) is 0 Å². The van der Waals surface area contributed by atoms with Crippen molar-refractivity contribution in [1.82, 2.24) is 14.9 Å². The minimum Gasteiger partial charge on any atom is -0.325 e. The predicted octanol–water partition coefficient (Wildman–Crippen LogP) is 4.33. The zero-order valence-corrected chi connectivity index (χ0v) is 15.7. The fourth-order valence-electron chi connectivity index (χ4n) is 2.48. The number of hydrogen-bond donors (Lipinski definition) is 2. The van der Waals surface area contributed by atoms with Gasteiger partial charge in [0.05, 0.1) is 4.47 Å². The Kier molecular flexibility index (Phi) is 5.57. The van der Waals surface area contributed by atoms with Crippen molar-refractivity contribution in [3.63, 3.8) is 0 Å². The van der Waals surface area contributed by atoms with Gasteiger partial charge in [0.25, 0.3) is 0 Å². The highest BCUT2D eigenvalue weighted by Gasteiger charge is 2.17. The average Bonchev–Trinajstić information content (AvgIpc) is 3.11. The second-order valence-electron chi connectivity index (χ2n) is 5.38. The number of amides is 2. The highest BCUT2D eigenvalue weighted by Crippen LogP contribution is 2.25. The van der Waals surface area contributed by atoms with Gasteiger partial charge in [0.2, 0.25) is 5.95 Å². The molecule has 0 saturated carbocycles. The summed E-state index contributed by atoms with van der Waals surface area (Å²) < 4.78 is 0.868. The van der Waals surface area contributed by atoms with E-state index in [1.165, 1.54) is 0 Å². The number of nitrogens with one attached hydrogen (secondary N) is 2. The van der Waals surface area contributed by atoms with Crippen LogP contribution < -0.4 is 10.6 Å². The summed E-state index contributed by atoms with van der Waals surface area (Å²) in [6.45, 7) is 1.65. The van der Waals surface area contributed by atoms with Gasteiger partial charge in [0.1, 0.15) is 5.03 Å². The number of anilines is 3. The zero-order valence-electron chi connectivity index (χ0n) is 13.3. The number of benzene rings is 1. The van der Waals surface area contributed by atoms with E-state index >= 15 is 0 Å². The molecule has 0 atom stereocenters. The number of carbonyl (C=O) groups excluding carboxylic acids is 1. The van der Waals surface area contributed by atoms with Crippen LogP contribution in [0.4, 0.5) is 22.1 Å². The number of thioether (sulfide) groups is 1. The van der Waals surface area contributed by atoms with Crippen molar-refractivity contribution in [2.75, 3.05) is 30.0 Å². The van der Waals surface area contributed by atoms with Crippen LogP contribution in [0.15, 0.2) is 40.0 Å². The average molecular weight is 408 g/mol. The third-order valence-corrected chi connectivity index (χ3v) is 5.21. The molecule has 0 aliphatic carbocycles. The molecule has 2 aromatic rings. The summed E-state index contributed by atoms with van der Waals surface area (Å²) in [4.78, 5) is 22.7. The molecule has 2 N–H and O–H groups in total. The summed E-state index contributed by atoms with van der Waals surface area (Å²) in [6.07, 6.45) is 5.84. The molecule has 1 fully saturated rings. The molecule has 0 spiro atoms. The van der Waals surface area contributed by atoms with Gasteiger partial charge in [-0.25, -0.2) is 14.8 Å². The van der Waals surface area contributed by atoms with Crippen LogP contribution in [0.1, 0.15) is 12.8 Å². The van der Waals surface area contributed by atoms with Gasteiger partial charge in [-0.1, -0.05) is 6.07 Å². The molecule has 8 heteroatoms. The highest BCUT2D eigenvalue weighted by molar-refractivity contribution is 9.10. The molecule has 0 bridgehead atoms. The van der Waals surface area contributed by atoms with E-state index in [1.54, 1.807) is 18.0 Å². The van der Waals surface area contributed by atoms with Gasteiger partial charge >= 0.3 is 6.03 Å². The summed E-state index contributed by atoms with van der Waals surface area (Å²) >= 11 is 4.97. The van der Waals surface area contributed by atoms with Gasteiger partial charge in [-0.15, -0.1) is 11.8 Å². The van der Waals surface area contributed by atoms with Crippen molar-refractivity contribution < 1.29 is 4.79 Å². The maximum absolute atomic E-state index is 12.2. The van der Waals surface area contributed by atoms with E-state index in [9.17, 15) is 4.79 Å². The molecule has 2 amide bonds. The van der Waals surface area contributed by atoms with Crippen LogP contribution in [-0.2, 0) is 0 Å². The van der Waals surface area contributed by atoms with Gasteiger partial charge in [0, 0.05) is 30.7 Å². The van der Waals surface area contributed by atoms with E-state index in [1.807, 2.05) is 35.4 Å². The minimum atomic E-state index is -0.0470. The molecule has 1 aromatic heterocycles. The zero-order chi connectivity index (χ0) is 16.9. The first-order valence-electron chi connectivity index (χ1n) is 7.65. The number of likely N-dealkylation sites (tertiary alicyclic amines) is 1. The van der Waals surface area contributed by atoms with Crippen molar-refractivity contribution >= 4 is 51.0 Å². The highest BCUT2D eigenvalue weighted by atomic mass is 79.9. The molecule has 1 aliphatic heterocycles. The maximum Gasteiger partial charge on any atom is 0.321 e. The molecule has 1 aliphatic rings. The summed E-state index contributed by atoms with van der Waals surface area (Å²) in [5, 5.41) is 6.97. The van der Waals surface area contributed by atoms with E-state index in [-0.39, 0.29) is 6.03 Å². The molecular weight excluding hydrogens is 390 g/mol. The van der Waals surface area contributed by atoms with Crippen molar-refractivity contribution in [3.8, 4) is 0 Å². The molecule has 24 heavy (non-hydrogen) atoms. The molecule has 126 valence electrons. The molecular formula is C16H18BrN5OS. The molecule has 6 nitrogen and oxygen atoms in total. The number of nitrogens with zero attached hydrogens (tertiary/aromatic N) is 3. The van der Waals surface area contributed by atoms with Crippen LogP contribution in [0.3, 0.4) is 0 Å². The summed E-state index contributed by atoms with van der Waals surface area (Å²) in [5.74, 6) is 0.519. The standard InChI is InChI=1S/C16H18BrN5OS/c1-24-14-13(17)10-18-15(21-14)19-11-5-4-6-12(9-11)20-16(23)22-7-2-3-8-22/h4-6,9-10H,2-3,7-8H2,1H3,(H,20,23)(H,18,19,21). The molecule has 1 aromatic carbocycles. The fraction of sp³-hybridized carbons (Fsp3) is 0.312. The van der Waals surface area contributed by atoms with Crippen molar-refractivity contribution in [1.29, 1.82) is 0 Å². The second kappa shape index (κ2) is 7.85. The Labute approximate surface area is 153 Å². The van der Waals surface area contributed by atoms with Gasteiger partial charge < -0.3 is 15.5 Å². The van der Waals surface area contributed by atoms with E-state index in [0.29, 0.717) is 5.95 Å². The van der Waals surface area contributed by atoms with Crippen LogP contribution in [0.2, 0.25) is 0 Å². The molecule has 0 unspecified atom stereocenters. The smallest absolute Gasteiger partial charge is 0.321 e. The lowest BCUT2D eigenvalue weighted by Gasteiger charge is -2.16. The van der Waals surface area contributed by atoms with Crippen LogP contribution in [-0.4, -0.2) is 40.2 Å². The number of urea groups is 1. The normalized spacial score (nSPS) is 13.8. The molecule has 3 rings (SSSR count). The van der Waals surface area contributed by atoms with E-state index in [4.69, 9.17) is 0 Å². The van der Waals surface area contributed by atoms with Gasteiger partial charge in [-0.3, -0.25) is 0 Å². The molecule has 0 radical (unpaired) electrons. The first-order chi connectivity index (χ1) is 11.7. The Morgan fingerprint density at radius 3 is 2.79 bits per heavy atom. The van der Waals surface area contributed by atoms with Crippen LogP contribution >= 0.6 is 27.7 Å². The second-order valence-corrected chi connectivity index (χ2v) is 7.03. The number of aromatic nitrogens is 2. The fourth-order valence-corrected chi connectivity index (χ4v) is 3.58. The summed E-state index contributed by atoms with van der Waals surface area (Å²) in [5.41, 5.74) is 1.57. The van der Waals surface area contributed by atoms with Gasteiger partial charge in [0.15, 0.2) is 0 Å². The topological polar surface area (TPSA) is 70.2 Å². The minimum absolute atomic E-state index is 0.0470. The Balaban J connectivity index is 1.69. The number of halogens is 1. The third-order valence-electron chi connectivity index (χ3n) is 3.67. The SMILES string of the molecule is CSc1nc(Nc2cccc(NC(=O)N3CCCC3)c2)ncc1Br. The Hall–Kier alpha value is -1.80. The van der Waals surface area contributed by atoms with Gasteiger partial charge in [-0.2, -0.15) is 0 Å². The number of carbonyl (C=O) groups is 1. The van der Waals surface area contributed by atoms with E-state index in [0.717, 1.165) is 46.8 Å². The van der Waals surface area contributed by atoms with Crippen molar-refractivity contribution in [2.45, 2.75) is 17.9 Å². The Morgan fingerprint density at radius 2 is 2.04 bits per heavy atom. The Morgan fingerprint density at radius 1 is 1.29 bits per heavy atom. The monoisotopic (exact) mass is 407 g/mol. The lowest BCUT2D eigenvalue weighted by molar-refractivity contribution is 0.222. The lowest BCUT2D eigenvalue weighted by atomic mass is 10.3. The predicted molar refractivity (Wildman–Crippen MR) is 101 cm³/mol. The number of rotatable bonds is 4. The quantitative estimate of drug-likeness (QED) is 0.582. The van der Waals surface area contributed by atoms with Crippen LogP contribution in [0, 0.1) is 0 Å².